The average molecular weight is 628 g/mol. The highest BCUT2D eigenvalue weighted by molar-refractivity contribution is 6.48. The zero-order valence-corrected chi connectivity index (χ0v) is 23.2. The number of hydrogen-bond acceptors (Lipinski definition) is 2. The third-order valence-corrected chi connectivity index (χ3v) is 7.05. The SMILES string of the molecule is Cc1cc(C)c(NNC(=O)c2ccc(C(F)=CC(c3cc(Cl)c(Cl)c(Cl)c3)C(F)(F)F)cc2C(F)(F)F)c(C)c1. The van der Waals surface area contributed by atoms with E-state index in [1.807, 2.05) is 6.92 Å². The Morgan fingerprint density at radius 2 is 1.43 bits per heavy atom. The van der Waals surface area contributed by atoms with Crippen molar-refractivity contribution in [3.05, 3.63) is 103 Å². The first kappa shape index (κ1) is 31.6. The van der Waals surface area contributed by atoms with Gasteiger partial charge >= 0.3 is 12.4 Å². The number of hydrazine groups is 1. The van der Waals surface area contributed by atoms with Crippen molar-refractivity contribution in [1.82, 2.24) is 5.43 Å². The molecule has 0 spiro atoms. The molecule has 3 aromatic rings. The normalized spacial score (nSPS) is 13.3. The summed E-state index contributed by atoms with van der Waals surface area (Å²) >= 11 is 17.4. The first-order valence-corrected chi connectivity index (χ1v) is 12.5. The van der Waals surface area contributed by atoms with Crippen molar-refractivity contribution in [1.29, 1.82) is 0 Å². The van der Waals surface area contributed by atoms with Crippen LogP contribution in [0.3, 0.4) is 0 Å². The van der Waals surface area contributed by atoms with Crippen molar-refractivity contribution in [3.63, 3.8) is 0 Å². The number of carbonyl (C=O) groups is 1. The first-order valence-electron chi connectivity index (χ1n) is 11.3. The first-order chi connectivity index (χ1) is 18.4. The highest BCUT2D eigenvalue weighted by atomic mass is 35.5. The minimum atomic E-state index is -5.14. The van der Waals surface area contributed by atoms with E-state index in [1.54, 1.807) is 26.0 Å². The molecule has 0 aliphatic carbocycles. The number of hydrogen-bond donors (Lipinski definition) is 2. The zero-order valence-electron chi connectivity index (χ0n) is 20.9. The molecule has 0 fully saturated rings. The molecule has 3 nitrogen and oxygen atoms in total. The van der Waals surface area contributed by atoms with Crippen LogP contribution in [-0.4, -0.2) is 12.1 Å². The lowest BCUT2D eigenvalue weighted by Crippen LogP contribution is -2.32. The summed E-state index contributed by atoms with van der Waals surface area (Å²) in [6.45, 7) is 5.32. The van der Waals surface area contributed by atoms with Crippen molar-refractivity contribution in [3.8, 4) is 0 Å². The van der Waals surface area contributed by atoms with Gasteiger partial charge in [0.2, 0.25) is 0 Å². The maximum absolute atomic E-state index is 15.1. The van der Waals surface area contributed by atoms with Crippen LogP contribution < -0.4 is 10.9 Å². The summed E-state index contributed by atoms with van der Waals surface area (Å²) in [5, 5.41) is -0.874. The lowest BCUT2D eigenvalue weighted by atomic mass is 9.95. The van der Waals surface area contributed by atoms with Gasteiger partial charge in [-0.1, -0.05) is 58.6 Å². The predicted octanol–water partition coefficient (Wildman–Crippen LogP) is 10.0. The number of alkyl halides is 6. The van der Waals surface area contributed by atoms with Crippen molar-refractivity contribution in [2.75, 3.05) is 5.43 Å². The Balaban J connectivity index is 1.99. The monoisotopic (exact) mass is 626 g/mol. The molecule has 214 valence electrons. The number of anilines is 1. The summed E-state index contributed by atoms with van der Waals surface area (Å²) in [5.41, 5.74) is 3.79. The summed E-state index contributed by atoms with van der Waals surface area (Å²) in [6, 6.07) is 6.97. The van der Waals surface area contributed by atoms with Gasteiger partial charge in [0.1, 0.15) is 11.7 Å². The number of nitrogens with one attached hydrogen (secondary N) is 2. The van der Waals surface area contributed by atoms with Gasteiger partial charge in [-0.05, 0) is 67.8 Å². The summed E-state index contributed by atoms with van der Waals surface area (Å²) in [6.07, 6.45) is -10.1. The van der Waals surface area contributed by atoms with E-state index in [1.165, 1.54) is 0 Å². The van der Waals surface area contributed by atoms with E-state index < -0.39 is 52.3 Å². The molecule has 2 N–H and O–H groups in total. The maximum Gasteiger partial charge on any atom is 0.417 e. The standard InChI is InChI=1S/C27H20Cl3F7N2O/c1-12-6-13(2)24(14(3)7-12)38-39-25(40)17-5-4-15(8-19(17)27(35,36)37)22(31)11-18(26(32,33)34)16-9-20(28)23(30)21(29)10-16/h4-11,18,38H,1-3H3,(H,39,40). The average Bonchev–Trinajstić information content (AvgIpc) is 2.83. The fraction of sp³-hybridized carbons (Fsp3) is 0.222. The fourth-order valence-electron chi connectivity index (χ4n) is 4.07. The van der Waals surface area contributed by atoms with E-state index in [4.69, 9.17) is 34.8 Å². The Morgan fingerprint density at radius 3 is 1.93 bits per heavy atom. The summed E-state index contributed by atoms with van der Waals surface area (Å²) in [7, 11) is 0. The Morgan fingerprint density at radius 1 is 0.875 bits per heavy atom. The lowest BCUT2D eigenvalue weighted by Gasteiger charge is -2.19. The Hall–Kier alpha value is -2.95. The van der Waals surface area contributed by atoms with E-state index in [9.17, 15) is 31.1 Å². The molecule has 0 saturated carbocycles. The molecule has 0 aromatic heterocycles. The number of amides is 1. The van der Waals surface area contributed by atoms with Gasteiger partial charge in [-0.3, -0.25) is 15.6 Å². The summed E-state index contributed by atoms with van der Waals surface area (Å²) in [4.78, 5) is 12.7. The van der Waals surface area contributed by atoms with Gasteiger partial charge in [-0.2, -0.15) is 26.3 Å². The number of halogens is 10. The molecule has 1 amide bonds. The van der Waals surface area contributed by atoms with Crippen LogP contribution in [0.2, 0.25) is 15.1 Å². The molecule has 3 aromatic carbocycles. The minimum Gasteiger partial charge on any atom is -0.298 e. The molecule has 3 rings (SSSR count). The topological polar surface area (TPSA) is 41.1 Å². The third kappa shape index (κ3) is 7.21. The molecule has 0 aliphatic rings. The van der Waals surface area contributed by atoms with Gasteiger partial charge in [-0.15, -0.1) is 0 Å². The van der Waals surface area contributed by atoms with E-state index in [-0.39, 0.29) is 27.2 Å². The maximum atomic E-state index is 15.1. The van der Waals surface area contributed by atoms with Crippen molar-refractivity contribution < 1.29 is 35.5 Å². The quantitative estimate of drug-likeness (QED) is 0.162. The molecule has 0 saturated heterocycles. The van der Waals surface area contributed by atoms with Crippen LogP contribution in [-0.2, 0) is 6.18 Å². The van der Waals surface area contributed by atoms with Crippen LogP contribution in [0.25, 0.3) is 5.83 Å². The second-order valence-corrected chi connectivity index (χ2v) is 10.1. The molecule has 40 heavy (non-hydrogen) atoms. The van der Waals surface area contributed by atoms with Gasteiger partial charge in [0.05, 0.1) is 31.9 Å². The fourth-order valence-corrected chi connectivity index (χ4v) is 4.68. The summed E-state index contributed by atoms with van der Waals surface area (Å²) < 4.78 is 98.1. The van der Waals surface area contributed by atoms with Crippen molar-refractivity contribution >= 4 is 52.2 Å². The molecule has 1 unspecified atom stereocenters. The summed E-state index contributed by atoms with van der Waals surface area (Å²) in [5.74, 6) is -5.44. The number of allylic oxidation sites excluding steroid dienone is 1. The number of aryl methyl sites for hydroxylation is 3. The van der Waals surface area contributed by atoms with Gasteiger partial charge in [0.25, 0.3) is 5.91 Å². The van der Waals surface area contributed by atoms with Gasteiger partial charge in [-0.25, -0.2) is 4.39 Å². The van der Waals surface area contributed by atoms with Gasteiger partial charge in [0.15, 0.2) is 0 Å². The van der Waals surface area contributed by atoms with E-state index in [2.05, 4.69) is 10.9 Å². The van der Waals surface area contributed by atoms with Gasteiger partial charge < -0.3 is 0 Å². The second kappa shape index (κ2) is 11.9. The lowest BCUT2D eigenvalue weighted by molar-refractivity contribution is -0.140. The molecular weight excluding hydrogens is 608 g/mol. The third-order valence-electron chi connectivity index (χ3n) is 5.85. The van der Waals surface area contributed by atoms with E-state index >= 15 is 4.39 Å². The molecule has 0 bridgehead atoms. The van der Waals surface area contributed by atoms with Gasteiger partial charge in [0, 0.05) is 5.56 Å². The highest BCUT2D eigenvalue weighted by Crippen LogP contribution is 2.43. The molecule has 0 heterocycles. The van der Waals surface area contributed by atoms with Crippen LogP contribution in [0.1, 0.15) is 49.7 Å². The van der Waals surface area contributed by atoms with Crippen LogP contribution >= 0.6 is 34.8 Å². The predicted molar refractivity (Wildman–Crippen MR) is 143 cm³/mol. The molecular formula is C27H20Cl3F7N2O. The smallest absolute Gasteiger partial charge is 0.298 e. The van der Waals surface area contributed by atoms with Crippen molar-refractivity contribution in [2.24, 2.45) is 0 Å². The molecule has 13 heteroatoms. The van der Waals surface area contributed by atoms with E-state index in [0.717, 1.165) is 34.9 Å². The minimum absolute atomic E-state index is 0.0929. The highest BCUT2D eigenvalue weighted by Gasteiger charge is 2.41. The van der Waals surface area contributed by atoms with Crippen molar-refractivity contribution in [2.45, 2.75) is 39.0 Å². The van der Waals surface area contributed by atoms with Crippen LogP contribution in [0.5, 0.6) is 0 Å². The largest absolute Gasteiger partial charge is 0.417 e. The Kier molecular flexibility index (Phi) is 9.38. The van der Waals surface area contributed by atoms with E-state index in [0.29, 0.717) is 11.8 Å². The molecule has 1 atom stereocenters. The van der Waals surface area contributed by atoms with Crippen LogP contribution in [0, 0.1) is 20.8 Å². The second-order valence-electron chi connectivity index (χ2n) is 8.94. The number of benzene rings is 3. The molecule has 0 radical (unpaired) electrons. The number of rotatable bonds is 6. The van der Waals surface area contributed by atoms with Crippen LogP contribution in [0.4, 0.5) is 36.4 Å². The Bertz CT molecular complexity index is 1440. The Labute approximate surface area is 239 Å². The number of carbonyl (C=O) groups excluding carboxylic acids is 1. The molecule has 0 aliphatic heterocycles. The zero-order chi connectivity index (χ0) is 30.2. The van der Waals surface area contributed by atoms with Crippen LogP contribution in [0.15, 0.2) is 48.5 Å².